The number of carboxylic acids is 1. The molecule has 0 aliphatic carbocycles. The fourth-order valence-electron chi connectivity index (χ4n) is 3.02. The minimum absolute atomic E-state index is 0.113. The Morgan fingerprint density at radius 2 is 1.96 bits per heavy atom. The van der Waals surface area contributed by atoms with Crippen molar-refractivity contribution in [3.63, 3.8) is 0 Å². The summed E-state index contributed by atoms with van der Waals surface area (Å²) in [6, 6.07) is 8.19. The molecule has 0 spiro atoms. The van der Waals surface area contributed by atoms with E-state index < -0.39 is 21.9 Å². The van der Waals surface area contributed by atoms with E-state index >= 15 is 0 Å². The molecule has 1 atom stereocenters. The summed E-state index contributed by atoms with van der Waals surface area (Å²) in [6.07, 6.45) is 1.11. The molecule has 7 nitrogen and oxygen atoms in total. The Hall–Kier alpha value is -1.93. The van der Waals surface area contributed by atoms with Crippen LogP contribution < -0.4 is 0 Å². The lowest BCUT2D eigenvalue weighted by Crippen LogP contribution is -2.47. The number of amides is 1. The second-order valence-electron chi connectivity index (χ2n) is 6.08. The monoisotopic (exact) mass is 368 g/mol. The lowest BCUT2D eigenvalue weighted by Gasteiger charge is -2.34. The number of piperidine rings is 1. The van der Waals surface area contributed by atoms with Gasteiger partial charge in [-0.25, -0.2) is 8.42 Å². The van der Waals surface area contributed by atoms with Crippen molar-refractivity contribution >= 4 is 21.9 Å². The minimum atomic E-state index is -3.62. The molecule has 1 N–H and O–H groups in total. The topological polar surface area (TPSA) is 95.0 Å². The highest BCUT2D eigenvalue weighted by Gasteiger charge is 2.34. The number of carbonyl (C=O) groups is 2. The lowest BCUT2D eigenvalue weighted by atomic mass is 9.98. The van der Waals surface area contributed by atoms with Gasteiger partial charge in [-0.3, -0.25) is 9.59 Å². The highest BCUT2D eigenvalue weighted by molar-refractivity contribution is 7.89. The van der Waals surface area contributed by atoms with Gasteiger partial charge in [0.2, 0.25) is 15.9 Å². The first-order chi connectivity index (χ1) is 11.9. The van der Waals surface area contributed by atoms with E-state index in [0.717, 1.165) is 0 Å². The van der Waals surface area contributed by atoms with Crippen molar-refractivity contribution in [3.8, 4) is 0 Å². The largest absolute Gasteiger partial charge is 0.481 e. The highest BCUT2D eigenvalue weighted by Crippen LogP contribution is 2.25. The average molecular weight is 368 g/mol. The number of carbonyl (C=O) groups excluding carboxylic acids is 1. The molecule has 1 aromatic carbocycles. The van der Waals surface area contributed by atoms with Crippen LogP contribution in [0.3, 0.4) is 0 Å². The first kappa shape index (κ1) is 19.4. The van der Waals surface area contributed by atoms with Crippen LogP contribution in [0.25, 0.3) is 0 Å². The smallest absolute Gasteiger partial charge is 0.305 e. The van der Waals surface area contributed by atoms with Gasteiger partial charge in [-0.1, -0.05) is 18.2 Å². The van der Waals surface area contributed by atoms with Crippen LogP contribution in [-0.2, 0) is 19.6 Å². The molecule has 138 valence electrons. The average Bonchev–Trinajstić information content (AvgIpc) is 2.62. The molecule has 1 aromatic rings. The van der Waals surface area contributed by atoms with Gasteiger partial charge in [-0.15, -0.1) is 0 Å². The van der Waals surface area contributed by atoms with E-state index in [4.69, 9.17) is 5.11 Å². The molecule has 1 unspecified atom stereocenters. The highest BCUT2D eigenvalue weighted by atomic mass is 32.2. The first-order valence-electron chi connectivity index (χ1n) is 8.42. The molecular weight excluding hydrogens is 344 g/mol. The van der Waals surface area contributed by atoms with Crippen molar-refractivity contribution in [2.75, 3.05) is 26.2 Å². The summed E-state index contributed by atoms with van der Waals surface area (Å²) in [5.41, 5.74) is 0. The van der Waals surface area contributed by atoms with Gasteiger partial charge in [-0.05, 0) is 31.9 Å². The van der Waals surface area contributed by atoms with Crippen molar-refractivity contribution in [1.29, 1.82) is 0 Å². The number of nitrogens with zero attached hydrogens (tertiary/aromatic N) is 2. The Kier molecular flexibility index (Phi) is 6.55. The van der Waals surface area contributed by atoms with Crippen LogP contribution >= 0.6 is 0 Å². The molecule has 8 heteroatoms. The number of sulfonamides is 1. The molecule has 0 saturated carbocycles. The van der Waals surface area contributed by atoms with E-state index in [-0.39, 0.29) is 30.3 Å². The van der Waals surface area contributed by atoms with E-state index in [1.165, 1.54) is 9.21 Å². The molecule has 1 fully saturated rings. The molecule has 1 heterocycles. The molecule has 1 amide bonds. The van der Waals surface area contributed by atoms with Crippen LogP contribution in [0.1, 0.15) is 26.2 Å². The number of carboxylic acid groups (broad SMARTS) is 1. The van der Waals surface area contributed by atoms with Gasteiger partial charge in [-0.2, -0.15) is 4.31 Å². The molecule has 25 heavy (non-hydrogen) atoms. The third-order valence-corrected chi connectivity index (χ3v) is 6.28. The molecular formula is C17H24N2O5S. The van der Waals surface area contributed by atoms with Crippen molar-refractivity contribution in [2.24, 2.45) is 5.92 Å². The summed E-state index contributed by atoms with van der Waals surface area (Å²) < 4.78 is 26.8. The summed E-state index contributed by atoms with van der Waals surface area (Å²) in [5, 5.41) is 8.80. The van der Waals surface area contributed by atoms with Gasteiger partial charge in [0.25, 0.3) is 0 Å². The Labute approximate surface area is 148 Å². The standard InChI is InChI=1S/C17H24N2O5S/c1-2-18(12-10-16(20)21)17(22)14-7-6-11-19(13-14)25(23,24)15-8-4-3-5-9-15/h3-5,8-9,14H,2,6-7,10-13H2,1H3,(H,20,21). The minimum Gasteiger partial charge on any atom is -0.481 e. The fraction of sp³-hybridized carbons (Fsp3) is 0.529. The maximum absolute atomic E-state index is 12.7. The van der Waals surface area contributed by atoms with Crippen molar-refractivity contribution < 1.29 is 23.1 Å². The second-order valence-corrected chi connectivity index (χ2v) is 8.01. The van der Waals surface area contributed by atoms with Crippen LogP contribution in [0.4, 0.5) is 0 Å². The van der Waals surface area contributed by atoms with Gasteiger partial charge in [0, 0.05) is 26.2 Å². The van der Waals surface area contributed by atoms with Gasteiger partial charge in [0.05, 0.1) is 17.2 Å². The summed E-state index contributed by atoms with van der Waals surface area (Å²) in [7, 11) is -3.62. The lowest BCUT2D eigenvalue weighted by molar-refractivity contribution is -0.140. The summed E-state index contributed by atoms with van der Waals surface area (Å²) in [4.78, 5) is 25.1. The third-order valence-electron chi connectivity index (χ3n) is 4.40. The summed E-state index contributed by atoms with van der Waals surface area (Å²) in [6.45, 7) is 2.88. The number of hydrogen-bond acceptors (Lipinski definition) is 4. The normalized spacial score (nSPS) is 18.7. The summed E-state index contributed by atoms with van der Waals surface area (Å²) in [5.74, 6) is -1.55. The zero-order chi connectivity index (χ0) is 18.4. The van der Waals surface area contributed by atoms with Crippen LogP contribution in [0.2, 0.25) is 0 Å². The van der Waals surface area contributed by atoms with Crippen molar-refractivity contribution in [3.05, 3.63) is 30.3 Å². The third kappa shape index (κ3) is 4.79. The molecule has 0 radical (unpaired) electrons. The van der Waals surface area contributed by atoms with E-state index in [1.807, 2.05) is 0 Å². The predicted molar refractivity (Wildman–Crippen MR) is 92.4 cm³/mol. The van der Waals surface area contributed by atoms with Crippen LogP contribution in [0.5, 0.6) is 0 Å². The Morgan fingerprint density at radius 1 is 1.28 bits per heavy atom. The zero-order valence-electron chi connectivity index (χ0n) is 14.3. The van der Waals surface area contributed by atoms with Gasteiger partial charge >= 0.3 is 5.97 Å². The Morgan fingerprint density at radius 3 is 2.56 bits per heavy atom. The Bertz CT molecular complexity index is 705. The molecule has 1 aliphatic heterocycles. The van der Waals surface area contributed by atoms with E-state index in [2.05, 4.69) is 0 Å². The van der Waals surface area contributed by atoms with E-state index in [9.17, 15) is 18.0 Å². The SMILES string of the molecule is CCN(CCC(=O)O)C(=O)C1CCCN(S(=O)(=O)c2ccccc2)C1. The molecule has 1 aliphatic rings. The maximum atomic E-state index is 12.7. The molecule has 0 bridgehead atoms. The molecule has 1 saturated heterocycles. The number of aliphatic carboxylic acids is 1. The van der Waals surface area contributed by atoms with Crippen molar-refractivity contribution in [2.45, 2.75) is 31.1 Å². The predicted octanol–water partition coefficient (Wildman–Crippen LogP) is 1.41. The zero-order valence-corrected chi connectivity index (χ0v) is 15.1. The maximum Gasteiger partial charge on any atom is 0.305 e. The Balaban J connectivity index is 2.09. The number of rotatable bonds is 7. The second kappa shape index (κ2) is 8.44. The van der Waals surface area contributed by atoms with Crippen LogP contribution in [-0.4, -0.2) is 60.8 Å². The number of benzene rings is 1. The number of hydrogen-bond donors (Lipinski definition) is 1. The van der Waals surface area contributed by atoms with E-state index in [1.54, 1.807) is 37.3 Å². The first-order valence-corrected chi connectivity index (χ1v) is 9.86. The van der Waals surface area contributed by atoms with Gasteiger partial charge in [0.15, 0.2) is 0 Å². The van der Waals surface area contributed by atoms with E-state index in [0.29, 0.717) is 25.9 Å². The molecule has 0 aromatic heterocycles. The quantitative estimate of drug-likeness (QED) is 0.785. The van der Waals surface area contributed by atoms with Gasteiger partial charge in [0.1, 0.15) is 0 Å². The fourth-order valence-corrected chi connectivity index (χ4v) is 4.56. The van der Waals surface area contributed by atoms with Crippen LogP contribution in [0, 0.1) is 5.92 Å². The van der Waals surface area contributed by atoms with Crippen LogP contribution in [0.15, 0.2) is 35.2 Å². The summed E-state index contributed by atoms with van der Waals surface area (Å²) >= 11 is 0. The van der Waals surface area contributed by atoms with Crippen molar-refractivity contribution in [1.82, 2.24) is 9.21 Å². The molecule has 2 rings (SSSR count). The van der Waals surface area contributed by atoms with Gasteiger partial charge < -0.3 is 10.0 Å².